The van der Waals surface area contributed by atoms with Crippen molar-refractivity contribution in [3.8, 4) is 5.69 Å². The molecule has 0 unspecified atom stereocenters. The molecule has 5 heteroatoms. The van der Waals surface area contributed by atoms with Crippen molar-refractivity contribution in [3.05, 3.63) is 64.1 Å². The van der Waals surface area contributed by atoms with E-state index < -0.39 is 0 Å². The number of rotatable bonds is 1. The van der Waals surface area contributed by atoms with Gasteiger partial charge in [-0.3, -0.25) is 9.55 Å². The average Bonchev–Trinajstić information content (AvgIpc) is 2.82. The number of benzene rings is 2. The van der Waals surface area contributed by atoms with Gasteiger partial charge in [0.1, 0.15) is 0 Å². The summed E-state index contributed by atoms with van der Waals surface area (Å²) in [7, 11) is 0. The number of halogens is 1. The average molecular weight is 356 g/mol. The van der Waals surface area contributed by atoms with E-state index in [0.29, 0.717) is 4.77 Å². The zero-order valence-electron chi connectivity index (χ0n) is 10.9. The minimum atomic E-state index is 0.675. The van der Waals surface area contributed by atoms with E-state index in [2.05, 4.69) is 56.2 Å². The molecular weight excluding hydrogens is 346 g/mol. The number of nitrogens with one attached hydrogen (secondary N) is 1. The lowest BCUT2D eigenvalue weighted by molar-refractivity contribution is 1.07. The molecule has 3 nitrogen and oxygen atoms in total. The van der Waals surface area contributed by atoms with E-state index in [0.717, 1.165) is 21.2 Å². The SMILES string of the molecule is S=c1[nH]c2cnccc2n1-c1ccc2cc(Br)ccc2c1. The van der Waals surface area contributed by atoms with Gasteiger partial charge >= 0.3 is 0 Å². The number of fused-ring (bicyclic) bond motifs is 2. The molecule has 0 aliphatic rings. The van der Waals surface area contributed by atoms with Gasteiger partial charge in [0.2, 0.25) is 0 Å². The third-order valence-electron chi connectivity index (χ3n) is 3.53. The summed E-state index contributed by atoms with van der Waals surface area (Å²) in [6.45, 7) is 0. The highest BCUT2D eigenvalue weighted by molar-refractivity contribution is 9.10. The molecule has 0 fully saturated rings. The van der Waals surface area contributed by atoms with Gasteiger partial charge in [0.15, 0.2) is 4.77 Å². The quantitative estimate of drug-likeness (QED) is 0.487. The lowest BCUT2D eigenvalue weighted by atomic mass is 10.1. The summed E-state index contributed by atoms with van der Waals surface area (Å²) in [5.41, 5.74) is 3.03. The second-order valence-electron chi connectivity index (χ2n) is 4.83. The third kappa shape index (κ3) is 2.09. The predicted molar refractivity (Wildman–Crippen MR) is 91.5 cm³/mol. The number of aromatic nitrogens is 3. The van der Waals surface area contributed by atoms with Crippen LogP contribution in [0.3, 0.4) is 0 Å². The fourth-order valence-electron chi connectivity index (χ4n) is 2.56. The summed E-state index contributed by atoms with van der Waals surface area (Å²) < 4.78 is 3.79. The highest BCUT2D eigenvalue weighted by atomic mass is 79.9. The van der Waals surface area contributed by atoms with Crippen molar-refractivity contribution in [1.82, 2.24) is 14.5 Å². The number of H-pyrrole nitrogens is 1. The van der Waals surface area contributed by atoms with Crippen LogP contribution >= 0.6 is 28.1 Å². The first kappa shape index (κ1) is 12.7. The number of imidazole rings is 1. The van der Waals surface area contributed by atoms with E-state index >= 15 is 0 Å². The van der Waals surface area contributed by atoms with Gasteiger partial charge in [-0.2, -0.15) is 0 Å². The lowest BCUT2D eigenvalue weighted by Gasteiger charge is -2.06. The molecule has 0 atom stereocenters. The molecule has 2 aromatic heterocycles. The molecule has 0 saturated heterocycles. The summed E-state index contributed by atoms with van der Waals surface area (Å²) in [5, 5.41) is 2.38. The monoisotopic (exact) mass is 355 g/mol. The Labute approximate surface area is 134 Å². The maximum absolute atomic E-state index is 5.45. The number of hydrogen-bond donors (Lipinski definition) is 1. The first-order chi connectivity index (χ1) is 10.2. The van der Waals surface area contributed by atoms with Crippen LogP contribution in [0, 0.1) is 4.77 Å². The van der Waals surface area contributed by atoms with Crippen molar-refractivity contribution in [2.75, 3.05) is 0 Å². The molecule has 4 aromatic rings. The zero-order valence-corrected chi connectivity index (χ0v) is 13.3. The molecule has 0 radical (unpaired) electrons. The Morgan fingerprint density at radius 1 is 1.05 bits per heavy atom. The van der Waals surface area contributed by atoms with E-state index in [4.69, 9.17) is 12.2 Å². The summed E-state index contributed by atoms with van der Waals surface area (Å²) in [4.78, 5) is 7.32. The van der Waals surface area contributed by atoms with E-state index in [1.54, 1.807) is 12.4 Å². The van der Waals surface area contributed by atoms with E-state index in [-0.39, 0.29) is 0 Å². The second kappa shape index (κ2) is 4.79. The second-order valence-corrected chi connectivity index (χ2v) is 6.14. The maximum Gasteiger partial charge on any atom is 0.182 e. The Hall–Kier alpha value is -1.98. The molecular formula is C16H10BrN3S. The minimum absolute atomic E-state index is 0.675. The van der Waals surface area contributed by atoms with Crippen LogP contribution in [0.25, 0.3) is 27.5 Å². The van der Waals surface area contributed by atoms with Gasteiger partial charge in [-0.1, -0.05) is 28.1 Å². The molecule has 1 N–H and O–H groups in total. The van der Waals surface area contributed by atoms with Gasteiger partial charge in [0.05, 0.1) is 17.2 Å². The minimum Gasteiger partial charge on any atom is -0.329 e. The van der Waals surface area contributed by atoms with Crippen molar-refractivity contribution in [2.24, 2.45) is 0 Å². The molecule has 21 heavy (non-hydrogen) atoms. The molecule has 0 spiro atoms. The molecule has 4 rings (SSSR count). The van der Waals surface area contributed by atoms with Crippen LogP contribution in [-0.2, 0) is 0 Å². The molecule has 102 valence electrons. The fourth-order valence-corrected chi connectivity index (χ4v) is 3.25. The third-order valence-corrected chi connectivity index (χ3v) is 4.31. The number of nitrogens with zero attached hydrogens (tertiary/aromatic N) is 2. The summed E-state index contributed by atoms with van der Waals surface area (Å²) in [6, 6.07) is 14.6. The highest BCUT2D eigenvalue weighted by Gasteiger charge is 2.07. The maximum atomic E-state index is 5.45. The Balaban J connectivity index is 2.02. The molecule has 2 heterocycles. The summed E-state index contributed by atoms with van der Waals surface area (Å²) in [5.74, 6) is 0. The molecule has 0 amide bonds. The van der Waals surface area contributed by atoms with Gasteiger partial charge < -0.3 is 4.98 Å². The van der Waals surface area contributed by atoms with E-state index in [1.165, 1.54) is 10.8 Å². The Kier molecular flexibility index (Phi) is 2.90. The Morgan fingerprint density at radius 3 is 2.76 bits per heavy atom. The standard InChI is InChI=1S/C16H10BrN3S/c17-12-3-1-11-8-13(4-2-10(11)7-12)20-15-5-6-18-9-14(15)19-16(20)21/h1-9H,(H,19,21). The fraction of sp³-hybridized carbons (Fsp3) is 0. The van der Waals surface area contributed by atoms with Crippen molar-refractivity contribution in [3.63, 3.8) is 0 Å². The first-order valence-corrected chi connectivity index (χ1v) is 7.67. The zero-order chi connectivity index (χ0) is 14.4. The molecule has 0 aliphatic carbocycles. The number of hydrogen-bond acceptors (Lipinski definition) is 2. The Morgan fingerprint density at radius 2 is 1.86 bits per heavy atom. The van der Waals surface area contributed by atoms with E-state index in [9.17, 15) is 0 Å². The van der Waals surface area contributed by atoms with Gasteiger partial charge in [-0.15, -0.1) is 0 Å². The molecule has 2 aromatic carbocycles. The molecule has 0 aliphatic heterocycles. The van der Waals surface area contributed by atoms with Gasteiger partial charge in [0.25, 0.3) is 0 Å². The van der Waals surface area contributed by atoms with Crippen LogP contribution in [0.15, 0.2) is 59.3 Å². The van der Waals surface area contributed by atoms with Crippen LogP contribution < -0.4 is 0 Å². The largest absolute Gasteiger partial charge is 0.329 e. The van der Waals surface area contributed by atoms with Crippen LogP contribution in [0.2, 0.25) is 0 Å². The van der Waals surface area contributed by atoms with Crippen LogP contribution in [-0.4, -0.2) is 14.5 Å². The molecule has 0 saturated carbocycles. The highest BCUT2D eigenvalue weighted by Crippen LogP contribution is 2.25. The van der Waals surface area contributed by atoms with Crippen LogP contribution in [0.5, 0.6) is 0 Å². The first-order valence-electron chi connectivity index (χ1n) is 6.47. The topological polar surface area (TPSA) is 33.6 Å². The van der Waals surface area contributed by atoms with Crippen LogP contribution in [0.4, 0.5) is 0 Å². The summed E-state index contributed by atoms with van der Waals surface area (Å²) >= 11 is 8.95. The lowest BCUT2D eigenvalue weighted by Crippen LogP contribution is -1.93. The van der Waals surface area contributed by atoms with Crippen molar-refractivity contribution in [2.45, 2.75) is 0 Å². The van der Waals surface area contributed by atoms with Gasteiger partial charge in [0, 0.05) is 16.4 Å². The Bertz CT molecular complexity index is 1030. The van der Waals surface area contributed by atoms with Gasteiger partial charge in [-0.25, -0.2) is 0 Å². The normalized spacial score (nSPS) is 11.3. The van der Waals surface area contributed by atoms with Crippen molar-refractivity contribution in [1.29, 1.82) is 0 Å². The van der Waals surface area contributed by atoms with Gasteiger partial charge in [-0.05, 0) is 53.3 Å². The predicted octanol–water partition coefficient (Wildman–Crippen LogP) is 5.00. The van der Waals surface area contributed by atoms with E-state index in [1.807, 2.05) is 16.7 Å². The number of pyridine rings is 1. The summed E-state index contributed by atoms with van der Waals surface area (Å²) in [6.07, 6.45) is 3.57. The number of aromatic amines is 1. The van der Waals surface area contributed by atoms with Crippen molar-refractivity contribution >= 4 is 50.0 Å². The smallest absolute Gasteiger partial charge is 0.182 e. The van der Waals surface area contributed by atoms with Crippen LogP contribution in [0.1, 0.15) is 0 Å². The van der Waals surface area contributed by atoms with Crippen molar-refractivity contribution < 1.29 is 0 Å². The molecule has 0 bridgehead atoms.